The summed E-state index contributed by atoms with van der Waals surface area (Å²) in [6.45, 7) is 7.49. The average Bonchev–Trinajstić information content (AvgIpc) is 2.93. The van der Waals surface area contributed by atoms with Gasteiger partial charge in [0, 0.05) is 0 Å². The van der Waals surface area contributed by atoms with Crippen molar-refractivity contribution in [3.8, 4) is 0 Å². The Morgan fingerprint density at radius 1 is 0.543 bits per heavy atom. The minimum absolute atomic E-state index is 0.365. The molecule has 0 bridgehead atoms. The normalized spacial score (nSPS) is 11.2. The van der Waals surface area contributed by atoms with Crippen LogP contribution in [-0.4, -0.2) is 30.9 Å². The van der Waals surface area contributed by atoms with Crippen molar-refractivity contribution in [3.05, 3.63) is 145 Å². The summed E-state index contributed by atoms with van der Waals surface area (Å²) in [4.78, 5) is 26.8. The van der Waals surface area contributed by atoms with Gasteiger partial charge < -0.3 is 0 Å². The quantitative estimate of drug-likeness (QED) is 0.270. The molecule has 0 aliphatic carbocycles. The maximum atomic E-state index is 13.4. The SMILES string of the molecule is C=Cc1ccc(C(=O)O[Te](OC(=O)c2ccc(C=C)cc2)(c2ccccc2)c2ccccc2)cc1. The van der Waals surface area contributed by atoms with Crippen LogP contribution in [-0.2, 0) is 6.20 Å². The van der Waals surface area contributed by atoms with Crippen molar-refractivity contribution in [1.82, 2.24) is 0 Å². The Hall–Kier alpha value is -3.91. The molecule has 0 amide bonds. The standard InChI is InChI=1S/C30H24O4Te/c1-3-23-15-19-25(20-16-23)29(31)33-35(27-11-7-5-8-12-27,28-13-9-6-10-14-28)34-30(32)26-21-17-24(4-2)18-22-26/h3-22H,1-2H2. The number of carbonyl (C=O) groups excluding carboxylic acids is 2. The summed E-state index contributed by atoms with van der Waals surface area (Å²) < 4.78 is 13.9. The number of rotatable bonds is 8. The van der Waals surface area contributed by atoms with Gasteiger partial charge in [-0.1, -0.05) is 0 Å². The van der Waals surface area contributed by atoms with Gasteiger partial charge in [0.15, 0.2) is 0 Å². The van der Waals surface area contributed by atoms with Crippen molar-refractivity contribution in [2.75, 3.05) is 0 Å². The molecule has 0 heterocycles. The molecule has 0 aliphatic heterocycles. The zero-order chi connectivity index (χ0) is 24.7. The van der Waals surface area contributed by atoms with E-state index in [2.05, 4.69) is 13.2 Å². The van der Waals surface area contributed by atoms with Gasteiger partial charge in [-0.25, -0.2) is 0 Å². The van der Waals surface area contributed by atoms with Crippen LogP contribution in [0.4, 0.5) is 0 Å². The summed E-state index contributed by atoms with van der Waals surface area (Å²) in [5.41, 5.74) is 2.50. The predicted molar refractivity (Wildman–Crippen MR) is 142 cm³/mol. The van der Waals surface area contributed by atoms with E-state index in [1.165, 1.54) is 0 Å². The molecule has 0 saturated heterocycles. The zero-order valence-electron chi connectivity index (χ0n) is 19.0. The summed E-state index contributed by atoms with van der Waals surface area (Å²) in [7, 11) is 0. The van der Waals surface area contributed by atoms with E-state index in [4.69, 9.17) is 6.20 Å². The molecule has 4 rings (SSSR count). The topological polar surface area (TPSA) is 52.6 Å². The van der Waals surface area contributed by atoms with Crippen molar-refractivity contribution in [2.45, 2.75) is 0 Å². The Morgan fingerprint density at radius 2 is 0.886 bits per heavy atom. The second-order valence-corrected chi connectivity index (χ2v) is 14.0. The first-order chi connectivity index (χ1) is 17.1. The van der Waals surface area contributed by atoms with Gasteiger partial charge >= 0.3 is 211 Å². The zero-order valence-corrected chi connectivity index (χ0v) is 21.3. The molecule has 0 aliphatic rings. The summed E-state index contributed by atoms with van der Waals surface area (Å²) in [5.74, 6) is -1.10. The van der Waals surface area contributed by atoms with Crippen molar-refractivity contribution in [2.24, 2.45) is 0 Å². The fourth-order valence-electron chi connectivity index (χ4n) is 3.36. The van der Waals surface area contributed by atoms with Gasteiger partial charge in [0.2, 0.25) is 0 Å². The first-order valence-electron chi connectivity index (χ1n) is 10.9. The fraction of sp³-hybridized carbons (Fsp3) is 0. The van der Waals surface area contributed by atoms with Crippen LogP contribution in [0.5, 0.6) is 0 Å². The van der Waals surface area contributed by atoms with E-state index in [1.54, 1.807) is 60.7 Å². The summed E-state index contributed by atoms with van der Waals surface area (Å²) in [6, 6.07) is 32.4. The van der Waals surface area contributed by atoms with E-state index >= 15 is 0 Å². The molecule has 4 nitrogen and oxygen atoms in total. The van der Waals surface area contributed by atoms with Crippen LogP contribution in [0.2, 0.25) is 0 Å². The third-order valence-electron chi connectivity index (χ3n) is 5.26. The molecule has 0 radical (unpaired) electrons. The van der Waals surface area contributed by atoms with Gasteiger partial charge in [-0.15, -0.1) is 0 Å². The number of hydrogen-bond donors (Lipinski definition) is 0. The van der Waals surface area contributed by atoms with Crippen LogP contribution in [0.3, 0.4) is 0 Å². The average molecular weight is 576 g/mol. The Balaban J connectivity index is 1.81. The van der Waals surface area contributed by atoms with Gasteiger partial charge in [-0.05, 0) is 0 Å². The second kappa shape index (κ2) is 11.0. The van der Waals surface area contributed by atoms with Crippen molar-refractivity contribution < 1.29 is 15.8 Å². The first kappa shape index (κ1) is 24.2. The minimum atomic E-state index is -4.56. The van der Waals surface area contributed by atoms with Gasteiger partial charge in [-0.2, -0.15) is 0 Å². The molecular formula is C30H24O4Te. The van der Waals surface area contributed by atoms with Gasteiger partial charge in [0.1, 0.15) is 0 Å². The van der Waals surface area contributed by atoms with Crippen molar-refractivity contribution in [1.29, 1.82) is 0 Å². The van der Waals surface area contributed by atoms with Gasteiger partial charge in [0.05, 0.1) is 0 Å². The van der Waals surface area contributed by atoms with Crippen LogP contribution in [0, 0.1) is 0 Å². The van der Waals surface area contributed by atoms with E-state index in [0.717, 1.165) is 11.1 Å². The molecule has 0 fully saturated rings. The van der Waals surface area contributed by atoms with Gasteiger partial charge in [0.25, 0.3) is 0 Å². The molecule has 35 heavy (non-hydrogen) atoms. The molecule has 174 valence electrons. The Labute approximate surface area is 210 Å². The molecule has 0 spiro atoms. The molecule has 0 aromatic heterocycles. The Bertz CT molecular complexity index is 1220. The molecule has 0 N–H and O–H groups in total. The molecule has 4 aromatic rings. The van der Waals surface area contributed by atoms with E-state index in [1.807, 2.05) is 60.7 Å². The first-order valence-corrected chi connectivity index (χ1v) is 15.1. The van der Waals surface area contributed by atoms with Crippen LogP contribution < -0.4 is 7.22 Å². The van der Waals surface area contributed by atoms with Crippen LogP contribution >= 0.6 is 0 Å². The third kappa shape index (κ3) is 5.44. The Morgan fingerprint density at radius 3 is 1.20 bits per heavy atom. The van der Waals surface area contributed by atoms with E-state index in [-0.39, 0.29) is 0 Å². The fourth-order valence-corrected chi connectivity index (χ4v) is 10.0. The van der Waals surface area contributed by atoms with E-state index in [9.17, 15) is 9.59 Å². The monoisotopic (exact) mass is 578 g/mol. The van der Waals surface area contributed by atoms with Crippen LogP contribution in [0.25, 0.3) is 12.2 Å². The molecule has 5 heteroatoms. The van der Waals surface area contributed by atoms with Crippen molar-refractivity contribution >= 4 is 50.3 Å². The summed E-state index contributed by atoms with van der Waals surface area (Å²) in [6.07, 6.45) is 3.40. The molecule has 0 saturated carbocycles. The van der Waals surface area contributed by atoms with Gasteiger partial charge in [-0.3, -0.25) is 0 Å². The van der Waals surface area contributed by atoms with Crippen LogP contribution in [0.15, 0.2) is 122 Å². The van der Waals surface area contributed by atoms with E-state index < -0.39 is 30.9 Å². The molecule has 0 unspecified atom stereocenters. The van der Waals surface area contributed by atoms with Crippen molar-refractivity contribution in [3.63, 3.8) is 0 Å². The van der Waals surface area contributed by atoms with Crippen LogP contribution in [0.1, 0.15) is 31.8 Å². The Kier molecular flexibility index (Phi) is 7.62. The predicted octanol–water partition coefficient (Wildman–Crippen LogP) is 5.24. The van der Waals surface area contributed by atoms with E-state index in [0.29, 0.717) is 18.3 Å². The molecule has 4 aromatic carbocycles. The molecule has 0 atom stereocenters. The second-order valence-electron chi connectivity index (χ2n) is 7.52. The summed E-state index contributed by atoms with van der Waals surface area (Å²) in [5, 5.41) is 0. The maximum absolute atomic E-state index is 13.4. The third-order valence-corrected chi connectivity index (χ3v) is 12.6. The number of carbonyl (C=O) groups is 2. The molecular weight excluding hydrogens is 552 g/mol. The number of hydrogen-bond acceptors (Lipinski definition) is 4. The number of benzene rings is 4. The summed E-state index contributed by atoms with van der Waals surface area (Å²) >= 11 is -4.56.